The van der Waals surface area contributed by atoms with Gasteiger partial charge in [0.05, 0.1) is 4.90 Å². The highest BCUT2D eigenvalue weighted by Crippen LogP contribution is 2.32. The SMILES string of the molecule is CCCNCc1cc(F)c(SC(C)C(C)C)c(F)c1. The van der Waals surface area contributed by atoms with Crippen molar-refractivity contribution in [1.82, 2.24) is 5.32 Å². The molecule has 0 bridgehead atoms. The van der Waals surface area contributed by atoms with Gasteiger partial charge in [-0.1, -0.05) is 27.7 Å². The highest BCUT2D eigenvalue weighted by Gasteiger charge is 2.17. The first-order chi connectivity index (χ1) is 8.95. The summed E-state index contributed by atoms with van der Waals surface area (Å²) in [6, 6.07) is 2.86. The molecule has 1 N–H and O–H groups in total. The van der Waals surface area contributed by atoms with E-state index < -0.39 is 11.6 Å². The molecule has 0 saturated carbocycles. The minimum Gasteiger partial charge on any atom is -0.313 e. The van der Waals surface area contributed by atoms with Crippen molar-refractivity contribution in [2.75, 3.05) is 6.54 Å². The average Bonchev–Trinajstić information content (AvgIpc) is 2.33. The molecular formula is C15H23F2NS. The lowest BCUT2D eigenvalue weighted by Crippen LogP contribution is -2.14. The van der Waals surface area contributed by atoms with Gasteiger partial charge in [0.15, 0.2) is 0 Å². The van der Waals surface area contributed by atoms with Gasteiger partial charge in [0, 0.05) is 11.8 Å². The van der Waals surface area contributed by atoms with Crippen LogP contribution in [0.2, 0.25) is 0 Å². The second-order valence-corrected chi connectivity index (χ2v) is 6.52. The highest BCUT2D eigenvalue weighted by atomic mass is 32.2. The van der Waals surface area contributed by atoms with Gasteiger partial charge < -0.3 is 5.32 Å². The van der Waals surface area contributed by atoms with Crippen LogP contribution in [0.4, 0.5) is 8.78 Å². The number of benzene rings is 1. The predicted octanol–water partition coefficient (Wildman–Crippen LogP) is 4.60. The van der Waals surface area contributed by atoms with Gasteiger partial charge in [0.1, 0.15) is 11.6 Å². The summed E-state index contributed by atoms with van der Waals surface area (Å²) in [4.78, 5) is 0.139. The number of halogens is 2. The topological polar surface area (TPSA) is 12.0 Å². The molecule has 1 rings (SSSR count). The Morgan fingerprint density at radius 2 is 1.74 bits per heavy atom. The van der Waals surface area contributed by atoms with Crippen LogP contribution in [0.5, 0.6) is 0 Å². The number of hydrogen-bond acceptors (Lipinski definition) is 2. The zero-order valence-corrected chi connectivity index (χ0v) is 12.9. The fraction of sp³-hybridized carbons (Fsp3) is 0.600. The number of thioether (sulfide) groups is 1. The van der Waals surface area contributed by atoms with E-state index in [-0.39, 0.29) is 10.1 Å². The van der Waals surface area contributed by atoms with Crippen LogP contribution >= 0.6 is 11.8 Å². The Morgan fingerprint density at radius 1 is 1.16 bits per heavy atom. The molecule has 0 spiro atoms. The molecule has 108 valence electrons. The lowest BCUT2D eigenvalue weighted by Gasteiger charge is -2.16. The van der Waals surface area contributed by atoms with E-state index in [0.29, 0.717) is 18.0 Å². The van der Waals surface area contributed by atoms with Crippen molar-refractivity contribution in [3.8, 4) is 0 Å². The fourth-order valence-electron chi connectivity index (χ4n) is 1.56. The van der Waals surface area contributed by atoms with Crippen LogP contribution in [0.3, 0.4) is 0 Å². The molecule has 1 atom stereocenters. The molecule has 0 aliphatic rings. The molecule has 1 aromatic carbocycles. The monoisotopic (exact) mass is 287 g/mol. The van der Waals surface area contributed by atoms with Gasteiger partial charge in [-0.25, -0.2) is 8.78 Å². The van der Waals surface area contributed by atoms with Crippen LogP contribution in [0.15, 0.2) is 17.0 Å². The van der Waals surface area contributed by atoms with Gasteiger partial charge in [0.2, 0.25) is 0 Å². The maximum atomic E-state index is 14.0. The summed E-state index contributed by atoms with van der Waals surface area (Å²) < 4.78 is 27.9. The first kappa shape index (κ1) is 16.4. The molecule has 4 heteroatoms. The van der Waals surface area contributed by atoms with Gasteiger partial charge in [-0.3, -0.25) is 0 Å². The van der Waals surface area contributed by atoms with Crippen LogP contribution < -0.4 is 5.32 Å². The van der Waals surface area contributed by atoms with Gasteiger partial charge in [-0.2, -0.15) is 0 Å². The Labute approximate surface area is 119 Å². The van der Waals surface area contributed by atoms with E-state index in [1.54, 1.807) is 0 Å². The first-order valence-corrected chi connectivity index (χ1v) is 7.69. The summed E-state index contributed by atoms with van der Waals surface area (Å²) in [7, 11) is 0. The molecule has 1 unspecified atom stereocenters. The van der Waals surface area contributed by atoms with Gasteiger partial charge in [-0.05, 0) is 36.6 Å². The Balaban J connectivity index is 2.79. The third kappa shape index (κ3) is 5.11. The molecule has 0 aliphatic heterocycles. The lowest BCUT2D eigenvalue weighted by molar-refractivity contribution is 0.532. The summed E-state index contributed by atoms with van der Waals surface area (Å²) in [5.41, 5.74) is 0.657. The van der Waals surface area contributed by atoms with E-state index in [2.05, 4.69) is 26.1 Å². The van der Waals surface area contributed by atoms with Crippen LogP contribution in [0.25, 0.3) is 0 Å². The van der Waals surface area contributed by atoms with E-state index >= 15 is 0 Å². The third-order valence-corrected chi connectivity index (χ3v) is 4.60. The van der Waals surface area contributed by atoms with Gasteiger partial charge >= 0.3 is 0 Å². The number of hydrogen-bond donors (Lipinski definition) is 1. The van der Waals surface area contributed by atoms with E-state index in [1.807, 2.05) is 6.92 Å². The van der Waals surface area contributed by atoms with Crippen LogP contribution in [0.1, 0.15) is 39.7 Å². The van der Waals surface area contributed by atoms with Crippen molar-refractivity contribution in [3.63, 3.8) is 0 Å². The second-order valence-electron chi connectivity index (χ2n) is 5.13. The summed E-state index contributed by atoms with van der Waals surface area (Å²) in [6.45, 7) is 9.51. The van der Waals surface area contributed by atoms with E-state index in [4.69, 9.17) is 0 Å². The minimum absolute atomic E-state index is 0.139. The zero-order chi connectivity index (χ0) is 14.4. The number of rotatable bonds is 7. The minimum atomic E-state index is -0.453. The van der Waals surface area contributed by atoms with Gasteiger partial charge in [0.25, 0.3) is 0 Å². The number of nitrogens with one attached hydrogen (secondary N) is 1. The Bertz CT molecular complexity index is 384. The standard InChI is InChI=1S/C15H23F2NS/c1-5-6-18-9-12-7-13(16)15(14(17)8-12)19-11(4)10(2)3/h7-8,10-11,18H,5-6,9H2,1-4H3. The van der Waals surface area contributed by atoms with Crippen molar-refractivity contribution in [1.29, 1.82) is 0 Å². The quantitative estimate of drug-likeness (QED) is 0.581. The molecular weight excluding hydrogens is 264 g/mol. The average molecular weight is 287 g/mol. The van der Waals surface area contributed by atoms with Crippen molar-refractivity contribution in [2.45, 2.75) is 50.8 Å². The summed E-state index contributed by atoms with van der Waals surface area (Å²) in [6.07, 6.45) is 1.00. The molecule has 1 nitrogen and oxygen atoms in total. The largest absolute Gasteiger partial charge is 0.313 e. The molecule has 0 saturated heterocycles. The van der Waals surface area contributed by atoms with E-state index in [0.717, 1.165) is 13.0 Å². The molecule has 1 aromatic rings. The Hall–Kier alpha value is -0.610. The second kappa shape index (κ2) is 7.85. The molecule has 0 aromatic heterocycles. The summed E-state index contributed by atoms with van der Waals surface area (Å²) >= 11 is 1.27. The molecule has 19 heavy (non-hydrogen) atoms. The Morgan fingerprint density at radius 3 is 2.21 bits per heavy atom. The first-order valence-electron chi connectivity index (χ1n) is 6.81. The van der Waals surface area contributed by atoms with Crippen molar-refractivity contribution in [3.05, 3.63) is 29.3 Å². The van der Waals surface area contributed by atoms with E-state index in [9.17, 15) is 8.78 Å². The van der Waals surface area contributed by atoms with E-state index in [1.165, 1.54) is 23.9 Å². The fourth-order valence-corrected chi connectivity index (χ4v) is 2.55. The summed E-state index contributed by atoms with van der Waals surface area (Å²) in [5.74, 6) is -0.522. The molecule has 0 fully saturated rings. The smallest absolute Gasteiger partial charge is 0.140 e. The third-order valence-electron chi connectivity index (χ3n) is 3.06. The van der Waals surface area contributed by atoms with Crippen LogP contribution in [0, 0.1) is 17.6 Å². The lowest BCUT2D eigenvalue weighted by atomic mass is 10.2. The van der Waals surface area contributed by atoms with Crippen molar-refractivity contribution >= 4 is 11.8 Å². The van der Waals surface area contributed by atoms with Crippen LogP contribution in [-0.2, 0) is 6.54 Å². The maximum Gasteiger partial charge on any atom is 0.140 e. The highest BCUT2D eigenvalue weighted by molar-refractivity contribution is 8.00. The van der Waals surface area contributed by atoms with Crippen LogP contribution in [-0.4, -0.2) is 11.8 Å². The Kier molecular flexibility index (Phi) is 6.80. The zero-order valence-electron chi connectivity index (χ0n) is 12.1. The molecule has 0 amide bonds. The normalized spacial score (nSPS) is 13.0. The van der Waals surface area contributed by atoms with Gasteiger partial charge in [-0.15, -0.1) is 11.8 Å². The van der Waals surface area contributed by atoms with Crippen molar-refractivity contribution < 1.29 is 8.78 Å². The molecule has 0 aliphatic carbocycles. The molecule has 0 radical (unpaired) electrons. The summed E-state index contributed by atoms with van der Waals surface area (Å²) in [5, 5.41) is 3.33. The van der Waals surface area contributed by atoms with Crippen molar-refractivity contribution in [2.24, 2.45) is 5.92 Å². The molecule has 0 heterocycles. The maximum absolute atomic E-state index is 14.0. The predicted molar refractivity (Wildman–Crippen MR) is 78.5 cm³/mol.